The molecule has 1 N–H and O–H groups in total. The molecule has 1 unspecified atom stereocenters. The normalized spacial score (nSPS) is 15.0. The number of methoxy groups -OCH3 is 1. The fourth-order valence-corrected chi connectivity index (χ4v) is 4.90. The van der Waals surface area contributed by atoms with Gasteiger partial charge in [-0.3, -0.25) is 9.59 Å². The number of nitrogens with one attached hydrogen (secondary N) is 1. The molecule has 6 nitrogen and oxygen atoms in total. The van der Waals surface area contributed by atoms with E-state index in [2.05, 4.69) is 5.32 Å². The Morgan fingerprint density at radius 2 is 1.79 bits per heavy atom. The average molecular weight is 454 g/mol. The highest BCUT2D eigenvalue weighted by molar-refractivity contribution is 6.07. The molecule has 5 rings (SSSR count). The lowest BCUT2D eigenvalue weighted by molar-refractivity contribution is -0.122. The molecule has 0 spiro atoms. The first-order valence-corrected chi connectivity index (χ1v) is 11.3. The number of benzene rings is 3. The molecule has 0 bridgehead atoms. The number of hydrogen-bond donors (Lipinski definition) is 1. The molecule has 0 radical (unpaired) electrons. The molecule has 0 saturated heterocycles. The van der Waals surface area contributed by atoms with Gasteiger partial charge in [0.2, 0.25) is 5.91 Å². The zero-order valence-corrected chi connectivity index (χ0v) is 19.5. The number of amides is 2. The van der Waals surface area contributed by atoms with Crippen LogP contribution in [-0.2, 0) is 18.4 Å². The molecule has 172 valence electrons. The van der Waals surface area contributed by atoms with Crippen molar-refractivity contribution >= 4 is 22.7 Å². The number of aromatic nitrogens is 1. The second-order valence-corrected chi connectivity index (χ2v) is 8.71. The standard InChI is InChI=1S/C28H27N3O3/c1-18-7-6-8-19(15-18)16-29-24(32)17-31-26(20-11-13-21(34-3)14-12-20)25-22-9-4-5-10-23(22)30(2)27(25)28(31)33/h4-15,26H,16-17H2,1-3H3,(H,29,32). The molecule has 3 aromatic carbocycles. The molecule has 0 aliphatic carbocycles. The third-order valence-corrected chi connectivity index (χ3v) is 6.51. The number of fused-ring (bicyclic) bond motifs is 3. The van der Waals surface area contributed by atoms with Gasteiger partial charge in [-0.1, -0.05) is 60.2 Å². The number of carbonyl (C=O) groups excluding carboxylic acids is 2. The van der Waals surface area contributed by atoms with Crippen molar-refractivity contribution in [1.29, 1.82) is 0 Å². The number of para-hydroxylation sites is 1. The number of nitrogens with zero attached hydrogens (tertiary/aromatic N) is 2. The van der Waals surface area contributed by atoms with E-state index < -0.39 is 0 Å². The SMILES string of the molecule is COc1ccc(C2c3c(n(C)c4ccccc34)C(=O)N2CC(=O)NCc2cccc(C)c2)cc1. The molecule has 0 fully saturated rings. The Hall–Kier alpha value is -4.06. The van der Waals surface area contributed by atoms with E-state index in [1.165, 1.54) is 0 Å². The summed E-state index contributed by atoms with van der Waals surface area (Å²) in [6.45, 7) is 2.42. The van der Waals surface area contributed by atoms with Crippen LogP contribution in [0.5, 0.6) is 5.75 Å². The van der Waals surface area contributed by atoms with Crippen LogP contribution < -0.4 is 10.1 Å². The predicted molar refractivity (Wildman–Crippen MR) is 132 cm³/mol. The Labute approximate surface area is 198 Å². The number of hydrogen-bond acceptors (Lipinski definition) is 3. The van der Waals surface area contributed by atoms with Gasteiger partial charge in [0, 0.05) is 30.1 Å². The van der Waals surface area contributed by atoms with Crippen LogP contribution in [-0.4, -0.2) is 34.9 Å². The summed E-state index contributed by atoms with van der Waals surface area (Å²) >= 11 is 0. The highest BCUT2D eigenvalue weighted by Gasteiger charge is 2.42. The van der Waals surface area contributed by atoms with Crippen LogP contribution >= 0.6 is 0 Å². The maximum atomic E-state index is 13.6. The molecule has 1 atom stereocenters. The molecule has 6 heteroatoms. The van der Waals surface area contributed by atoms with Gasteiger partial charge < -0.3 is 19.5 Å². The quantitative estimate of drug-likeness (QED) is 0.472. The molecule has 4 aromatic rings. The molecule has 1 aliphatic heterocycles. The van der Waals surface area contributed by atoms with Gasteiger partial charge in [0.15, 0.2) is 0 Å². The summed E-state index contributed by atoms with van der Waals surface area (Å²) in [5.74, 6) is 0.416. The fraction of sp³-hybridized carbons (Fsp3) is 0.214. The molecular formula is C28H27N3O3. The van der Waals surface area contributed by atoms with Crippen LogP contribution in [0.3, 0.4) is 0 Å². The fourth-order valence-electron chi connectivity index (χ4n) is 4.90. The molecule has 1 aromatic heterocycles. The van der Waals surface area contributed by atoms with Gasteiger partial charge in [-0.2, -0.15) is 0 Å². The number of carbonyl (C=O) groups is 2. The third kappa shape index (κ3) is 3.71. The van der Waals surface area contributed by atoms with Crippen molar-refractivity contribution in [2.75, 3.05) is 13.7 Å². The summed E-state index contributed by atoms with van der Waals surface area (Å²) in [4.78, 5) is 28.3. The van der Waals surface area contributed by atoms with Gasteiger partial charge in [-0.15, -0.1) is 0 Å². The number of ether oxygens (including phenoxy) is 1. The van der Waals surface area contributed by atoms with Gasteiger partial charge in [0.05, 0.1) is 13.2 Å². The van der Waals surface area contributed by atoms with Crippen LogP contribution in [0, 0.1) is 6.92 Å². The van der Waals surface area contributed by atoms with E-state index in [0.29, 0.717) is 12.2 Å². The van der Waals surface area contributed by atoms with E-state index in [1.54, 1.807) is 12.0 Å². The maximum Gasteiger partial charge on any atom is 0.272 e. The van der Waals surface area contributed by atoms with Gasteiger partial charge >= 0.3 is 0 Å². The summed E-state index contributed by atoms with van der Waals surface area (Å²) in [7, 11) is 3.53. The van der Waals surface area contributed by atoms with Crippen LogP contribution in [0.2, 0.25) is 0 Å². The minimum atomic E-state index is -0.357. The highest BCUT2D eigenvalue weighted by atomic mass is 16.5. The lowest BCUT2D eigenvalue weighted by Crippen LogP contribution is -2.39. The zero-order chi connectivity index (χ0) is 23.8. The van der Waals surface area contributed by atoms with Gasteiger partial charge in [0.25, 0.3) is 5.91 Å². The maximum absolute atomic E-state index is 13.6. The summed E-state index contributed by atoms with van der Waals surface area (Å²) in [6.07, 6.45) is 0. The van der Waals surface area contributed by atoms with Crippen LogP contribution in [0.4, 0.5) is 0 Å². The largest absolute Gasteiger partial charge is 0.497 e. The Bertz CT molecular complexity index is 1390. The van der Waals surface area contributed by atoms with E-state index in [9.17, 15) is 9.59 Å². The van der Waals surface area contributed by atoms with E-state index >= 15 is 0 Å². The Balaban J connectivity index is 1.49. The smallest absolute Gasteiger partial charge is 0.272 e. The van der Waals surface area contributed by atoms with Gasteiger partial charge in [-0.25, -0.2) is 0 Å². The van der Waals surface area contributed by atoms with E-state index in [0.717, 1.165) is 38.9 Å². The third-order valence-electron chi connectivity index (χ3n) is 6.51. The summed E-state index contributed by atoms with van der Waals surface area (Å²) in [6, 6.07) is 23.4. The molecule has 0 saturated carbocycles. The van der Waals surface area contributed by atoms with Crippen molar-refractivity contribution in [3.8, 4) is 5.75 Å². The molecular weight excluding hydrogens is 426 g/mol. The predicted octanol–water partition coefficient (Wildman–Crippen LogP) is 4.36. The number of rotatable bonds is 6. The Kier molecular flexibility index (Phi) is 5.57. The van der Waals surface area contributed by atoms with Gasteiger partial charge in [0.1, 0.15) is 18.0 Å². The monoisotopic (exact) mass is 453 g/mol. The number of aryl methyl sites for hydroxylation is 2. The van der Waals surface area contributed by atoms with Crippen molar-refractivity contribution in [2.24, 2.45) is 7.05 Å². The van der Waals surface area contributed by atoms with E-state index in [1.807, 2.05) is 91.3 Å². The lowest BCUT2D eigenvalue weighted by atomic mass is 9.98. The second-order valence-electron chi connectivity index (χ2n) is 8.71. The van der Waals surface area contributed by atoms with E-state index in [4.69, 9.17) is 4.74 Å². The Morgan fingerprint density at radius 1 is 1.03 bits per heavy atom. The summed E-state index contributed by atoms with van der Waals surface area (Å²) in [5, 5.41) is 4.00. The van der Waals surface area contributed by atoms with E-state index in [-0.39, 0.29) is 24.4 Å². The second kappa shape index (κ2) is 8.71. The highest BCUT2D eigenvalue weighted by Crippen LogP contribution is 2.43. The minimum absolute atomic E-state index is 0.0235. The lowest BCUT2D eigenvalue weighted by Gasteiger charge is -2.26. The molecule has 2 heterocycles. The van der Waals surface area contributed by atoms with Crippen molar-refractivity contribution in [3.05, 3.63) is 101 Å². The van der Waals surface area contributed by atoms with Crippen molar-refractivity contribution in [2.45, 2.75) is 19.5 Å². The van der Waals surface area contributed by atoms with Crippen LogP contribution in [0.25, 0.3) is 10.9 Å². The van der Waals surface area contributed by atoms with Crippen molar-refractivity contribution < 1.29 is 14.3 Å². The van der Waals surface area contributed by atoms with Crippen LogP contribution in [0.1, 0.15) is 38.8 Å². The molecule has 2 amide bonds. The first-order chi connectivity index (χ1) is 16.5. The first kappa shape index (κ1) is 21.8. The van der Waals surface area contributed by atoms with Crippen molar-refractivity contribution in [1.82, 2.24) is 14.8 Å². The molecule has 1 aliphatic rings. The minimum Gasteiger partial charge on any atom is -0.497 e. The average Bonchev–Trinajstić information content (AvgIpc) is 3.30. The van der Waals surface area contributed by atoms with Gasteiger partial charge in [-0.05, 0) is 36.2 Å². The topological polar surface area (TPSA) is 63.6 Å². The van der Waals surface area contributed by atoms with Crippen LogP contribution in [0.15, 0.2) is 72.8 Å². The molecule has 34 heavy (non-hydrogen) atoms. The summed E-state index contributed by atoms with van der Waals surface area (Å²) < 4.78 is 7.26. The zero-order valence-electron chi connectivity index (χ0n) is 19.5. The summed E-state index contributed by atoms with van der Waals surface area (Å²) in [5.41, 5.74) is 5.69. The van der Waals surface area contributed by atoms with Crippen molar-refractivity contribution in [3.63, 3.8) is 0 Å². The Morgan fingerprint density at radius 3 is 2.53 bits per heavy atom. The first-order valence-electron chi connectivity index (χ1n) is 11.3.